The number of carbonyl (C=O) groups is 1. The summed E-state index contributed by atoms with van der Waals surface area (Å²) in [5.41, 5.74) is 3.38. The predicted molar refractivity (Wildman–Crippen MR) is 133 cm³/mol. The van der Waals surface area contributed by atoms with Gasteiger partial charge in [-0.3, -0.25) is 9.69 Å². The summed E-state index contributed by atoms with van der Waals surface area (Å²) >= 11 is 6.11. The first-order chi connectivity index (χ1) is 16.9. The van der Waals surface area contributed by atoms with E-state index in [-0.39, 0.29) is 23.5 Å². The fraction of sp³-hybridized carbons (Fsp3) is 0.280. The zero-order valence-electron chi connectivity index (χ0n) is 19.4. The Morgan fingerprint density at radius 3 is 2.74 bits per heavy atom. The van der Waals surface area contributed by atoms with E-state index in [1.54, 1.807) is 10.7 Å². The number of carbonyl (C=O) groups excluding carboxylic acids is 1. The molecule has 180 valence electrons. The highest BCUT2D eigenvalue weighted by molar-refractivity contribution is 6.31. The number of nitrogens with zero attached hydrogens (tertiary/aromatic N) is 6. The van der Waals surface area contributed by atoms with Gasteiger partial charge in [-0.25, -0.2) is 19.0 Å². The first-order valence-electron chi connectivity index (χ1n) is 11.3. The molecule has 10 heteroatoms. The van der Waals surface area contributed by atoms with Crippen LogP contribution < -0.4 is 10.2 Å². The van der Waals surface area contributed by atoms with Crippen LogP contribution in [-0.2, 0) is 11.3 Å². The highest BCUT2D eigenvalue weighted by atomic mass is 35.5. The monoisotopic (exact) mass is 493 g/mol. The first-order valence-corrected chi connectivity index (χ1v) is 11.7. The summed E-state index contributed by atoms with van der Waals surface area (Å²) in [5.74, 6) is 0.216. The van der Waals surface area contributed by atoms with E-state index in [4.69, 9.17) is 11.6 Å². The molecule has 0 saturated carbocycles. The number of fused-ring (bicyclic) bond motifs is 1. The summed E-state index contributed by atoms with van der Waals surface area (Å²) in [6.07, 6.45) is 3.44. The van der Waals surface area contributed by atoms with Gasteiger partial charge in [-0.15, -0.1) is 5.10 Å². The minimum atomic E-state index is -0.408. The smallest absolute Gasteiger partial charge is 0.239 e. The van der Waals surface area contributed by atoms with Gasteiger partial charge in [-0.2, -0.15) is 0 Å². The van der Waals surface area contributed by atoms with E-state index in [0.29, 0.717) is 30.8 Å². The van der Waals surface area contributed by atoms with Gasteiger partial charge in [0.25, 0.3) is 0 Å². The van der Waals surface area contributed by atoms with Gasteiger partial charge in [0.2, 0.25) is 5.91 Å². The van der Waals surface area contributed by atoms with Gasteiger partial charge in [0.1, 0.15) is 24.0 Å². The van der Waals surface area contributed by atoms with Crippen LogP contribution in [0.2, 0.25) is 5.02 Å². The molecule has 1 amide bonds. The lowest BCUT2D eigenvalue weighted by atomic mass is 10.1. The van der Waals surface area contributed by atoms with Crippen LogP contribution >= 0.6 is 11.6 Å². The average molecular weight is 494 g/mol. The van der Waals surface area contributed by atoms with Crippen molar-refractivity contribution in [3.8, 4) is 5.69 Å². The predicted octanol–water partition coefficient (Wildman–Crippen LogP) is 3.35. The Morgan fingerprint density at radius 2 is 1.97 bits per heavy atom. The zero-order valence-corrected chi connectivity index (χ0v) is 20.2. The summed E-state index contributed by atoms with van der Waals surface area (Å²) in [7, 11) is 1.93. The van der Waals surface area contributed by atoms with Gasteiger partial charge in [0.15, 0.2) is 5.65 Å². The van der Waals surface area contributed by atoms with Gasteiger partial charge in [0.05, 0.1) is 11.1 Å². The molecular weight excluding hydrogens is 469 g/mol. The van der Waals surface area contributed by atoms with Gasteiger partial charge >= 0.3 is 0 Å². The van der Waals surface area contributed by atoms with Crippen LogP contribution in [0, 0.1) is 12.7 Å². The maximum atomic E-state index is 13.3. The number of rotatable bonds is 5. The van der Waals surface area contributed by atoms with Crippen molar-refractivity contribution >= 4 is 34.4 Å². The fourth-order valence-corrected chi connectivity index (χ4v) is 4.46. The maximum Gasteiger partial charge on any atom is 0.239 e. The molecule has 0 bridgehead atoms. The summed E-state index contributed by atoms with van der Waals surface area (Å²) < 4.78 is 15.1. The zero-order chi connectivity index (χ0) is 24.5. The molecule has 0 spiro atoms. The van der Waals surface area contributed by atoms with Gasteiger partial charge < -0.3 is 10.2 Å². The Bertz CT molecular complexity index is 1370. The number of nitrogens with one attached hydrogen (secondary N) is 1. The van der Waals surface area contributed by atoms with Crippen LogP contribution in [0.15, 0.2) is 55.0 Å². The minimum Gasteiger partial charge on any atom is -0.353 e. The van der Waals surface area contributed by atoms with Crippen molar-refractivity contribution in [2.45, 2.75) is 19.5 Å². The molecule has 2 aromatic heterocycles. The van der Waals surface area contributed by atoms with Gasteiger partial charge in [-0.1, -0.05) is 35.4 Å². The first kappa shape index (κ1) is 23.2. The van der Waals surface area contributed by atoms with E-state index in [9.17, 15) is 9.18 Å². The van der Waals surface area contributed by atoms with Crippen LogP contribution in [0.5, 0.6) is 0 Å². The SMILES string of the molecule is Cc1ccc(-n2cc3c(N4CCN(C)C(C(=O)NCc5ccc(F)cc5Cl)C4)ncnc3n2)cc1. The molecule has 1 saturated heterocycles. The number of benzene rings is 2. The molecule has 0 radical (unpaired) electrons. The molecule has 5 rings (SSSR count). The van der Waals surface area contributed by atoms with Crippen LogP contribution in [0.3, 0.4) is 0 Å². The van der Waals surface area contributed by atoms with E-state index >= 15 is 0 Å². The van der Waals surface area contributed by atoms with E-state index in [0.717, 1.165) is 16.9 Å². The molecular formula is C25H25ClFN7O. The molecule has 1 N–H and O–H groups in total. The third-order valence-corrected chi connectivity index (χ3v) is 6.66. The van der Waals surface area contributed by atoms with E-state index in [1.165, 1.54) is 24.0 Å². The van der Waals surface area contributed by atoms with Crippen LogP contribution in [0.4, 0.5) is 10.2 Å². The number of aryl methyl sites for hydroxylation is 1. The van der Waals surface area contributed by atoms with E-state index in [1.807, 2.05) is 49.3 Å². The Hall–Kier alpha value is -3.56. The van der Waals surface area contributed by atoms with E-state index in [2.05, 4.69) is 25.3 Å². The van der Waals surface area contributed by atoms with Crippen molar-refractivity contribution in [1.29, 1.82) is 0 Å². The number of hydrogen-bond acceptors (Lipinski definition) is 6. The standard InChI is InChI=1S/C25H25ClFN7O/c1-16-3-7-19(8-4-16)34-13-20-23(31-34)29-15-30-24(20)33-10-9-32(2)22(14-33)25(35)28-12-17-5-6-18(27)11-21(17)26/h3-8,11,13,15,22H,9-10,12,14H2,1-2H3,(H,28,35). The maximum absolute atomic E-state index is 13.3. The molecule has 35 heavy (non-hydrogen) atoms. The van der Waals surface area contributed by atoms with Crippen LogP contribution in [0.1, 0.15) is 11.1 Å². The average Bonchev–Trinajstić information content (AvgIpc) is 3.29. The summed E-state index contributed by atoms with van der Waals surface area (Å²) in [4.78, 5) is 26.1. The Labute approximate surface area is 207 Å². The topological polar surface area (TPSA) is 79.2 Å². The number of anilines is 1. The normalized spacial score (nSPS) is 16.6. The molecule has 3 heterocycles. The Kier molecular flexibility index (Phi) is 6.36. The Balaban J connectivity index is 1.35. The lowest BCUT2D eigenvalue weighted by Gasteiger charge is -2.39. The molecule has 4 aromatic rings. The second-order valence-corrected chi connectivity index (χ2v) is 9.15. The molecule has 0 aliphatic carbocycles. The highest BCUT2D eigenvalue weighted by Gasteiger charge is 2.31. The third-order valence-electron chi connectivity index (χ3n) is 6.31. The fourth-order valence-electron chi connectivity index (χ4n) is 4.22. The van der Waals surface area contributed by atoms with Crippen molar-refractivity contribution in [3.05, 3.63) is 77.0 Å². The van der Waals surface area contributed by atoms with Crippen molar-refractivity contribution in [3.63, 3.8) is 0 Å². The molecule has 1 unspecified atom stereocenters. The Morgan fingerprint density at radius 1 is 1.17 bits per heavy atom. The molecule has 8 nitrogen and oxygen atoms in total. The third kappa shape index (κ3) is 4.82. The second-order valence-electron chi connectivity index (χ2n) is 8.74. The van der Waals surface area contributed by atoms with Crippen molar-refractivity contribution < 1.29 is 9.18 Å². The minimum absolute atomic E-state index is 0.127. The highest BCUT2D eigenvalue weighted by Crippen LogP contribution is 2.26. The van der Waals surface area contributed by atoms with Crippen molar-refractivity contribution in [2.75, 3.05) is 31.6 Å². The molecule has 1 atom stereocenters. The number of halogens is 2. The quantitative estimate of drug-likeness (QED) is 0.459. The number of likely N-dealkylation sites (N-methyl/N-ethyl adjacent to an activating group) is 1. The number of amides is 1. The summed E-state index contributed by atoms with van der Waals surface area (Å²) in [5, 5.41) is 8.68. The van der Waals surface area contributed by atoms with Gasteiger partial charge in [-0.05, 0) is 43.8 Å². The van der Waals surface area contributed by atoms with Crippen molar-refractivity contribution in [2.24, 2.45) is 0 Å². The summed E-state index contributed by atoms with van der Waals surface area (Å²) in [6, 6.07) is 11.9. The van der Waals surface area contributed by atoms with Crippen LogP contribution in [-0.4, -0.2) is 63.3 Å². The lowest BCUT2D eigenvalue weighted by Crippen LogP contribution is -2.57. The van der Waals surface area contributed by atoms with Crippen molar-refractivity contribution in [1.82, 2.24) is 30.0 Å². The lowest BCUT2D eigenvalue weighted by molar-refractivity contribution is -0.126. The molecule has 1 fully saturated rings. The largest absolute Gasteiger partial charge is 0.353 e. The van der Waals surface area contributed by atoms with Gasteiger partial charge in [0, 0.05) is 37.4 Å². The molecule has 1 aliphatic rings. The number of hydrogen-bond donors (Lipinski definition) is 1. The summed E-state index contributed by atoms with van der Waals surface area (Å²) in [6.45, 7) is 4.13. The van der Waals surface area contributed by atoms with Crippen LogP contribution in [0.25, 0.3) is 16.7 Å². The number of piperazine rings is 1. The molecule has 1 aliphatic heterocycles. The second kappa shape index (κ2) is 9.59. The number of aromatic nitrogens is 4. The van der Waals surface area contributed by atoms with E-state index < -0.39 is 5.82 Å². The molecule has 2 aromatic carbocycles.